The number of hydrogen-bond acceptors (Lipinski definition) is 2. The molecule has 2 aliphatic rings. The second kappa shape index (κ2) is 2.09. The molecule has 1 N–H and O–H groups in total. The Labute approximate surface area is 71.3 Å². The standard InChI is InChI=1S/C10H10N2/c1-2-4-9-7(3-1)8-5-11-6-10(8)12-9/h1-4,6,8,10,12H,5H2/q+1. The average Bonchev–Trinajstić information content (AvgIpc) is 2.62. The molecule has 2 aliphatic heterocycles. The number of benzene rings is 1. The van der Waals surface area contributed by atoms with Crippen LogP contribution in [0.3, 0.4) is 0 Å². The molecule has 12 heavy (non-hydrogen) atoms. The van der Waals surface area contributed by atoms with Crippen molar-refractivity contribution in [2.24, 2.45) is 0 Å². The van der Waals surface area contributed by atoms with Crippen molar-refractivity contribution < 1.29 is 0 Å². The molecular formula is C10H10N2+. The fourth-order valence-electron chi connectivity index (χ4n) is 2.07. The second-order valence-electron chi connectivity index (χ2n) is 3.38. The molecule has 2 unspecified atom stereocenters. The zero-order valence-corrected chi connectivity index (χ0v) is 6.70. The number of anilines is 1. The lowest BCUT2D eigenvalue weighted by Gasteiger charge is -1.99. The van der Waals surface area contributed by atoms with Gasteiger partial charge in [-0.05, 0) is 11.6 Å². The maximum Gasteiger partial charge on any atom is 0.234 e. The molecule has 0 aromatic heterocycles. The third-order valence-electron chi connectivity index (χ3n) is 2.68. The van der Waals surface area contributed by atoms with Crippen LogP contribution in [-0.4, -0.2) is 18.8 Å². The van der Waals surface area contributed by atoms with Crippen LogP contribution in [0.15, 0.2) is 24.3 Å². The van der Waals surface area contributed by atoms with Crippen molar-refractivity contribution in [3.63, 3.8) is 0 Å². The largest absolute Gasteiger partial charge is 0.372 e. The molecule has 1 aromatic carbocycles. The molecule has 2 heteroatoms. The summed E-state index contributed by atoms with van der Waals surface area (Å²) in [5.41, 5.74) is 2.72. The molecule has 2 heterocycles. The summed E-state index contributed by atoms with van der Waals surface area (Å²) in [6.07, 6.45) is 2.03. The van der Waals surface area contributed by atoms with Gasteiger partial charge in [-0.25, -0.2) is 0 Å². The van der Waals surface area contributed by atoms with Gasteiger partial charge in [0.05, 0.1) is 5.92 Å². The summed E-state index contributed by atoms with van der Waals surface area (Å²) in [4.78, 5) is 4.28. The maximum absolute atomic E-state index is 4.28. The van der Waals surface area contributed by atoms with Gasteiger partial charge in [-0.3, -0.25) is 0 Å². The molecule has 0 fully saturated rings. The van der Waals surface area contributed by atoms with Gasteiger partial charge in [0.25, 0.3) is 0 Å². The molecule has 1 aromatic rings. The van der Waals surface area contributed by atoms with Crippen molar-refractivity contribution in [1.29, 1.82) is 0 Å². The first-order valence-corrected chi connectivity index (χ1v) is 4.30. The van der Waals surface area contributed by atoms with Crippen molar-refractivity contribution in [3.8, 4) is 0 Å². The smallest absolute Gasteiger partial charge is 0.234 e. The van der Waals surface area contributed by atoms with Crippen LogP contribution in [0.5, 0.6) is 0 Å². The Balaban J connectivity index is 2.12. The highest BCUT2D eigenvalue weighted by Gasteiger charge is 2.39. The zero-order chi connectivity index (χ0) is 7.97. The summed E-state index contributed by atoms with van der Waals surface area (Å²) in [6.45, 7) is 0.953. The fraction of sp³-hybridized carbons (Fsp3) is 0.300. The minimum absolute atomic E-state index is 0.461. The van der Waals surface area contributed by atoms with Gasteiger partial charge in [-0.2, -0.15) is 0 Å². The molecule has 0 amide bonds. The van der Waals surface area contributed by atoms with Gasteiger partial charge < -0.3 is 5.32 Å². The summed E-state index contributed by atoms with van der Waals surface area (Å²) < 4.78 is 0. The van der Waals surface area contributed by atoms with Crippen molar-refractivity contribution in [2.75, 3.05) is 11.9 Å². The van der Waals surface area contributed by atoms with E-state index < -0.39 is 0 Å². The van der Waals surface area contributed by atoms with Crippen LogP contribution in [-0.2, 0) is 0 Å². The topological polar surface area (TPSA) is 26.1 Å². The lowest BCUT2D eigenvalue weighted by atomic mass is 9.98. The Bertz CT molecular complexity index is 343. The van der Waals surface area contributed by atoms with E-state index in [1.165, 1.54) is 11.3 Å². The van der Waals surface area contributed by atoms with Crippen LogP contribution < -0.4 is 10.3 Å². The van der Waals surface area contributed by atoms with Gasteiger partial charge in [0.15, 0.2) is 0 Å². The molecule has 3 rings (SSSR count). The van der Waals surface area contributed by atoms with Gasteiger partial charge in [0.1, 0.15) is 6.04 Å². The van der Waals surface area contributed by atoms with E-state index in [2.05, 4.69) is 34.6 Å². The van der Waals surface area contributed by atoms with Crippen LogP contribution in [0.2, 0.25) is 0 Å². The molecule has 0 bridgehead atoms. The highest BCUT2D eigenvalue weighted by atomic mass is 15.0. The summed E-state index contributed by atoms with van der Waals surface area (Å²) in [7, 11) is 0. The summed E-state index contributed by atoms with van der Waals surface area (Å²) in [5, 5.41) is 3.45. The molecule has 2 nitrogen and oxygen atoms in total. The maximum atomic E-state index is 4.28. The van der Waals surface area contributed by atoms with E-state index in [9.17, 15) is 0 Å². The van der Waals surface area contributed by atoms with Crippen LogP contribution in [0.25, 0.3) is 0 Å². The normalized spacial score (nSPS) is 29.7. The Morgan fingerprint density at radius 3 is 3.25 bits per heavy atom. The van der Waals surface area contributed by atoms with E-state index in [1.807, 2.05) is 6.21 Å². The third kappa shape index (κ3) is 0.670. The average molecular weight is 158 g/mol. The SMILES string of the molecule is C1=[N+]CC2c3ccccc3NC12. The molecule has 2 atom stereocenters. The van der Waals surface area contributed by atoms with Crippen molar-refractivity contribution in [2.45, 2.75) is 12.0 Å². The first kappa shape index (κ1) is 6.23. The molecule has 0 spiro atoms. The summed E-state index contributed by atoms with van der Waals surface area (Å²) in [5.74, 6) is 0.598. The van der Waals surface area contributed by atoms with E-state index >= 15 is 0 Å². The van der Waals surface area contributed by atoms with Crippen molar-refractivity contribution in [3.05, 3.63) is 29.8 Å². The van der Waals surface area contributed by atoms with E-state index in [0.717, 1.165) is 6.54 Å². The zero-order valence-electron chi connectivity index (χ0n) is 6.70. The Hall–Kier alpha value is -1.31. The molecule has 0 aliphatic carbocycles. The monoisotopic (exact) mass is 158 g/mol. The van der Waals surface area contributed by atoms with Gasteiger partial charge in [0, 0.05) is 10.7 Å². The number of fused-ring (bicyclic) bond motifs is 3. The predicted octanol–water partition coefficient (Wildman–Crippen LogP) is 0.984. The molecule has 0 saturated carbocycles. The second-order valence-corrected chi connectivity index (χ2v) is 3.38. The summed E-state index contributed by atoms with van der Waals surface area (Å²) >= 11 is 0. The lowest BCUT2D eigenvalue weighted by Crippen LogP contribution is -2.18. The third-order valence-corrected chi connectivity index (χ3v) is 2.68. The number of aliphatic imine (C=N–C) groups is 1. The Kier molecular flexibility index (Phi) is 1.09. The van der Waals surface area contributed by atoms with E-state index in [4.69, 9.17) is 0 Å². The quantitative estimate of drug-likeness (QED) is 0.598. The minimum atomic E-state index is 0.461. The summed E-state index contributed by atoms with van der Waals surface area (Å²) in [6, 6.07) is 8.97. The van der Waals surface area contributed by atoms with E-state index in [0.29, 0.717) is 12.0 Å². The first-order chi connectivity index (χ1) is 5.95. The Morgan fingerprint density at radius 1 is 1.33 bits per heavy atom. The number of nitrogens with one attached hydrogen (secondary N) is 1. The minimum Gasteiger partial charge on any atom is -0.372 e. The van der Waals surface area contributed by atoms with Gasteiger partial charge >= 0.3 is 0 Å². The van der Waals surface area contributed by atoms with Gasteiger partial charge in [-0.1, -0.05) is 18.2 Å². The highest BCUT2D eigenvalue weighted by molar-refractivity contribution is 5.78. The lowest BCUT2D eigenvalue weighted by molar-refractivity contribution is 0.741. The molecule has 0 saturated heterocycles. The fourth-order valence-corrected chi connectivity index (χ4v) is 2.07. The number of para-hydroxylation sites is 1. The van der Waals surface area contributed by atoms with Crippen molar-refractivity contribution in [1.82, 2.24) is 4.99 Å². The molecule has 59 valence electrons. The number of nitrogens with zero attached hydrogens (tertiary/aromatic N) is 1. The van der Waals surface area contributed by atoms with Gasteiger partial charge in [0.2, 0.25) is 12.8 Å². The van der Waals surface area contributed by atoms with Crippen LogP contribution >= 0.6 is 0 Å². The predicted molar refractivity (Wildman–Crippen MR) is 49.7 cm³/mol. The van der Waals surface area contributed by atoms with Crippen LogP contribution in [0, 0.1) is 0 Å². The van der Waals surface area contributed by atoms with Crippen LogP contribution in [0.1, 0.15) is 11.5 Å². The number of hydrogen-bond donors (Lipinski definition) is 1. The van der Waals surface area contributed by atoms with Crippen LogP contribution in [0.4, 0.5) is 5.69 Å². The highest BCUT2D eigenvalue weighted by Crippen LogP contribution is 2.35. The van der Waals surface area contributed by atoms with Crippen molar-refractivity contribution >= 4 is 11.9 Å². The van der Waals surface area contributed by atoms with E-state index in [-0.39, 0.29) is 0 Å². The molecular weight excluding hydrogens is 148 g/mol. The Morgan fingerprint density at radius 2 is 2.25 bits per heavy atom. The molecule has 1 radical (unpaired) electrons. The van der Waals surface area contributed by atoms with E-state index in [1.54, 1.807) is 0 Å². The first-order valence-electron chi connectivity index (χ1n) is 4.30. The number of rotatable bonds is 0. The van der Waals surface area contributed by atoms with Gasteiger partial charge in [-0.15, -0.1) is 0 Å².